The molecule has 1 rings (SSSR count). The molecule has 150 valence electrons. The normalized spacial score (nSPS) is 14.1. The number of benzene rings is 1. The van der Waals surface area contributed by atoms with Crippen molar-refractivity contribution in [3.05, 3.63) is 30.1 Å². The fourth-order valence-electron chi connectivity index (χ4n) is 1.75. The van der Waals surface area contributed by atoms with E-state index < -0.39 is 29.7 Å². The maximum atomic E-state index is 13.6. The molecule has 1 unspecified atom stereocenters. The van der Waals surface area contributed by atoms with E-state index in [1.165, 1.54) is 17.4 Å². The molecule has 2 amide bonds. The number of esters is 1. The number of alkyl halides is 3. The Hall–Kier alpha value is -2.56. The molecule has 0 saturated carbocycles. The van der Waals surface area contributed by atoms with Crippen molar-refractivity contribution in [1.82, 2.24) is 5.32 Å². The minimum atomic E-state index is -5.47. The number of methoxy groups -OCH3 is 1. The first-order valence-corrected chi connectivity index (χ1v) is 7.84. The number of amides is 2. The lowest BCUT2D eigenvalue weighted by molar-refractivity contribution is -0.283. The van der Waals surface area contributed by atoms with Crippen LogP contribution in [0.4, 0.5) is 28.0 Å². The SMILES string of the molecule is CCC/C(Cl)=N\OC(NC(=O)Nc1cccc(F)c1)(C(=O)OC)C(F)(F)F. The van der Waals surface area contributed by atoms with Crippen LogP contribution < -0.4 is 10.6 Å². The van der Waals surface area contributed by atoms with Gasteiger partial charge in [0.2, 0.25) is 0 Å². The van der Waals surface area contributed by atoms with E-state index in [1.54, 1.807) is 6.92 Å². The summed E-state index contributed by atoms with van der Waals surface area (Å²) in [7, 11) is 0.662. The van der Waals surface area contributed by atoms with Crippen LogP contribution in [0.3, 0.4) is 0 Å². The van der Waals surface area contributed by atoms with Crippen LogP contribution in [0.25, 0.3) is 0 Å². The van der Waals surface area contributed by atoms with Crippen LogP contribution in [-0.4, -0.2) is 36.2 Å². The Morgan fingerprint density at radius 3 is 2.48 bits per heavy atom. The summed E-state index contributed by atoms with van der Waals surface area (Å²) < 4.78 is 57.9. The van der Waals surface area contributed by atoms with E-state index in [4.69, 9.17) is 11.6 Å². The van der Waals surface area contributed by atoms with Crippen LogP contribution in [-0.2, 0) is 14.4 Å². The molecule has 1 aromatic carbocycles. The van der Waals surface area contributed by atoms with Gasteiger partial charge in [0.1, 0.15) is 11.0 Å². The third kappa shape index (κ3) is 5.98. The monoisotopic (exact) mass is 413 g/mol. The van der Waals surface area contributed by atoms with Crippen molar-refractivity contribution in [2.75, 3.05) is 12.4 Å². The Bertz CT molecular complexity index is 715. The van der Waals surface area contributed by atoms with Crippen molar-refractivity contribution in [3.8, 4) is 0 Å². The zero-order valence-corrected chi connectivity index (χ0v) is 14.9. The molecule has 2 N–H and O–H groups in total. The van der Waals surface area contributed by atoms with Gasteiger partial charge in [-0.25, -0.2) is 14.0 Å². The molecule has 0 bridgehead atoms. The second kappa shape index (κ2) is 9.40. The van der Waals surface area contributed by atoms with Crippen molar-refractivity contribution in [2.45, 2.75) is 31.7 Å². The Morgan fingerprint density at radius 1 is 1.30 bits per heavy atom. The number of oxime groups is 1. The van der Waals surface area contributed by atoms with Gasteiger partial charge in [-0.1, -0.05) is 29.7 Å². The van der Waals surface area contributed by atoms with Crippen molar-refractivity contribution >= 4 is 34.5 Å². The number of anilines is 1. The predicted octanol–water partition coefficient (Wildman–Crippen LogP) is 3.75. The second-order valence-corrected chi connectivity index (χ2v) is 5.51. The summed E-state index contributed by atoms with van der Waals surface area (Å²) in [6.07, 6.45) is -4.95. The Labute approximate surface area is 156 Å². The molecule has 1 aromatic rings. The number of nitrogens with one attached hydrogen (secondary N) is 2. The molecular formula is C15H16ClF4N3O4. The number of carbonyl (C=O) groups is 2. The number of urea groups is 1. The first kappa shape index (κ1) is 22.5. The lowest BCUT2D eigenvalue weighted by Crippen LogP contribution is -2.66. The predicted molar refractivity (Wildman–Crippen MR) is 88.6 cm³/mol. The van der Waals surface area contributed by atoms with Crippen molar-refractivity contribution < 1.29 is 36.7 Å². The first-order chi connectivity index (χ1) is 12.6. The standard InChI is InChI=1S/C15H16ClF4N3O4/c1-3-5-11(16)23-27-14(12(24)26-2,15(18,19)20)22-13(25)21-10-7-4-6-9(17)8-10/h4,6-8H,3,5H2,1-2H3,(H2,21,22,25)/b23-11+. The minimum Gasteiger partial charge on any atom is -0.464 e. The molecule has 0 fully saturated rings. The highest BCUT2D eigenvalue weighted by molar-refractivity contribution is 6.65. The highest BCUT2D eigenvalue weighted by Crippen LogP contribution is 2.33. The molecule has 0 aliphatic heterocycles. The van der Waals surface area contributed by atoms with Crippen molar-refractivity contribution in [2.24, 2.45) is 5.16 Å². The summed E-state index contributed by atoms with van der Waals surface area (Å²) in [5.41, 5.74) is -4.13. The van der Waals surface area contributed by atoms with Crippen LogP contribution in [0.5, 0.6) is 0 Å². The number of hydrogen-bond donors (Lipinski definition) is 2. The summed E-state index contributed by atoms with van der Waals surface area (Å²) in [5, 5.41) is 5.97. The number of nitrogens with zero attached hydrogens (tertiary/aromatic N) is 1. The van der Waals surface area contributed by atoms with E-state index in [-0.39, 0.29) is 17.3 Å². The van der Waals surface area contributed by atoms with E-state index in [0.717, 1.165) is 12.1 Å². The van der Waals surface area contributed by atoms with E-state index in [2.05, 4.69) is 14.7 Å². The Balaban J connectivity index is 3.17. The fraction of sp³-hybridized carbons (Fsp3) is 0.400. The van der Waals surface area contributed by atoms with Crippen LogP contribution in [0.15, 0.2) is 29.4 Å². The van der Waals surface area contributed by atoms with Gasteiger partial charge in [0.05, 0.1) is 7.11 Å². The maximum absolute atomic E-state index is 13.6. The summed E-state index contributed by atoms with van der Waals surface area (Å²) in [5.74, 6) is -2.73. The topological polar surface area (TPSA) is 89.0 Å². The van der Waals surface area contributed by atoms with Crippen LogP contribution in [0.2, 0.25) is 0 Å². The van der Waals surface area contributed by atoms with Gasteiger partial charge in [-0.2, -0.15) is 13.2 Å². The quantitative estimate of drug-likeness (QED) is 0.234. The zero-order chi connectivity index (χ0) is 20.7. The number of halogens is 5. The lowest BCUT2D eigenvalue weighted by atomic mass is 10.2. The molecule has 7 nitrogen and oxygen atoms in total. The highest BCUT2D eigenvalue weighted by atomic mass is 35.5. The molecule has 0 radical (unpaired) electrons. The third-order valence-corrected chi connectivity index (χ3v) is 3.24. The van der Waals surface area contributed by atoms with E-state index >= 15 is 0 Å². The van der Waals surface area contributed by atoms with E-state index in [1.807, 2.05) is 5.32 Å². The van der Waals surface area contributed by atoms with Gasteiger partial charge >= 0.3 is 23.9 Å². The summed E-state index contributed by atoms with van der Waals surface area (Å²) in [6, 6.07) is 2.82. The second-order valence-electron chi connectivity index (χ2n) is 5.07. The molecule has 12 heteroatoms. The average molecular weight is 414 g/mol. The number of carbonyl (C=O) groups excluding carboxylic acids is 2. The molecule has 0 aliphatic rings. The maximum Gasteiger partial charge on any atom is 0.463 e. The Morgan fingerprint density at radius 2 is 1.96 bits per heavy atom. The van der Waals surface area contributed by atoms with E-state index in [9.17, 15) is 27.2 Å². The van der Waals surface area contributed by atoms with Crippen LogP contribution in [0, 0.1) is 5.82 Å². The van der Waals surface area contributed by atoms with Gasteiger partial charge in [-0.05, 0) is 24.6 Å². The molecule has 0 saturated heterocycles. The first-order valence-electron chi connectivity index (χ1n) is 7.46. The van der Waals surface area contributed by atoms with Crippen molar-refractivity contribution in [1.29, 1.82) is 0 Å². The molecular weight excluding hydrogens is 398 g/mol. The number of hydrogen-bond acceptors (Lipinski definition) is 5. The molecule has 0 aromatic heterocycles. The Kier molecular flexibility index (Phi) is 7.82. The van der Waals surface area contributed by atoms with Gasteiger partial charge in [-0.3, -0.25) is 5.32 Å². The molecule has 1 atom stereocenters. The van der Waals surface area contributed by atoms with Gasteiger partial charge in [0.15, 0.2) is 0 Å². The zero-order valence-electron chi connectivity index (χ0n) is 14.2. The molecule has 0 heterocycles. The lowest BCUT2D eigenvalue weighted by Gasteiger charge is -2.30. The molecule has 27 heavy (non-hydrogen) atoms. The van der Waals surface area contributed by atoms with E-state index in [0.29, 0.717) is 13.5 Å². The number of rotatable bonds is 7. The summed E-state index contributed by atoms with van der Waals surface area (Å²) in [4.78, 5) is 28.1. The van der Waals surface area contributed by atoms with Crippen LogP contribution in [0.1, 0.15) is 19.8 Å². The minimum absolute atomic E-state index is 0.0755. The van der Waals surface area contributed by atoms with Crippen molar-refractivity contribution in [3.63, 3.8) is 0 Å². The fourth-order valence-corrected chi connectivity index (χ4v) is 1.98. The smallest absolute Gasteiger partial charge is 0.463 e. The molecule has 0 spiro atoms. The van der Waals surface area contributed by atoms with Crippen LogP contribution >= 0.6 is 11.6 Å². The third-order valence-electron chi connectivity index (χ3n) is 2.98. The number of ether oxygens (including phenoxy) is 1. The highest BCUT2D eigenvalue weighted by Gasteiger charge is 2.67. The van der Waals surface area contributed by atoms with Gasteiger partial charge < -0.3 is 14.9 Å². The van der Waals surface area contributed by atoms with Gasteiger partial charge in [0, 0.05) is 12.1 Å². The largest absolute Gasteiger partial charge is 0.464 e. The van der Waals surface area contributed by atoms with Gasteiger partial charge in [0.25, 0.3) is 0 Å². The molecule has 0 aliphatic carbocycles. The summed E-state index contributed by atoms with van der Waals surface area (Å²) >= 11 is 5.60. The summed E-state index contributed by atoms with van der Waals surface area (Å²) in [6.45, 7) is 1.68. The van der Waals surface area contributed by atoms with Gasteiger partial charge in [-0.15, -0.1) is 0 Å². The average Bonchev–Trinajstić information content (AvgIpc) is 2.57.